The van der Waals surface area contributed by atoms with Crippen LogP contribution in [-0.4, -0.2) is 16.8 Å². The number of aromatic nitrogens is 1. The Morgan fingerprint density at radius 3 is 2.78 bits per heavy atom. The van der Waals surface area contributed by atoms with E-state index in [1.807, 2.05) is 12.1 Å². The van der Waals surface area contributed by atoms with Crippen LogP contribution < -0.4 is 22.2 Å². The van der Waals surface area contributed by atoms with Gasteiger partial charge in [0.1, 0.15) is 5.58 Å². The highest BCUT2D eigenvalue weighted by Gasteiger charge is 2.16. The fraction of sp³-hybridized carbons (Fsp3) is 0. The number of para-hydroxylation sites is 1. The first kappa shape index (κ1) is 14.9. The molecule has 2 heterocycles. The van der Waals surface area contributed by atoms with Crippen molar-refractivity contribution < 1.29 is 14.0 Å². The molecule has 0 spiro atoms. The van der Waals surface area contributed by atoms with Crippen LogP contribution in [0.3, 0.4) is 0 Å². The van der Waals surface area contributed by atoms with Crippen molar-refractivity contribution in [3.05, 3.63) is 46.1 Å². The standard InChI is InChI=1S/C14H10N4O4S/c15-18-12(20)11(19)17-14-16-9(6-23-14)8-5-7-3-1-2-4-10(7)22-13(8)21/h1-6H,15H2,(H,18,20)(H,16,17,19). The van der Waals surface area contributed by atoms with Gasteiger partial charge in [-0.3, -0.25) is 20.3 Å². The molecule has 0 bridgehead atoms. The van der Waals surface area contributed by atoms with Gasteiger partial charge < -0.3 is 4.42 Å². The Morgan fingerprint density at radius 1 is 1.22 bits per heavy atom. The monoisotopic (exact) mass is 330 g/mol. The number of nitrogens with one attached hydrogen (secondary N) is 2. The van der Waals surface area contributed by atoms with Gasteiger partial charge in [0.15, 0.2) is 5.13 Å². The predicted molar refractivity (Wildman–Crippen MR) is 84.6 cm³/mol. The molecule has 0 aliphatic heterocycles. The Morgan fingerprint density at radius 2 is 2.00 bits per heavy atom. The molecule has 1 aromatic carbocycles. The molecule has 3 aromatic rings. The van der Waals surface area contributed by atoms with Gasteiger partial charge in [0.05, 0.1) is 11.3 Å². The largest absolute Gasteiger partial charge is 0.422 e. The number of anilines is 1. The van der Waals surface area contributed by atoms with E-state index in [2.05, 4.69) is 10.3 Å². The lowest BCUT2D eigenvalue weighted by molar-refractivity contribution is -0.136. The molecule has 0 unspecified atom stereocenters. The lowest BCUT2D eigenvalue weighted by Crippen LogP contribution is -2.39. The summed E-state index contributed by atoms with van der Waals surface area (Å²) in [6.45, 7) is 0. The van der Waals surface area contributed by atoms with Crippen molar-refractivity contribution in [2.24, 2.45) is 5.84 Å². The van der Waals surface area contributed by atoms with E-state index in [1.165, 1.54) is 0 Å². The highest BCUT2D eigenvalue weighted by molar-refractivity contribution is 7.14. The average molecular weight is 330 g/mol. The van der Waals surface area contributed by atoms with E-state index in [4.69, 9.17) is 10.3 Å². The van der Waals surface area contributed by atoms with Crippen LogP contribution in [0.2, 0.25) is 0 Å². The maximum atomic E-state index is 12.0. The number of amides is 2. The van der Waals surface area contributed by atoms with Crippen molar-refractivity contribution in [1.29, 1.82) is 0 Å². The van der Waals surface area contributed by atoms with Crippen molar-refractivity contribution in [2.75, 3.05) is 5.32 Å². The Hall–Kier alpha value is -3.04. The summed E-state index contributed by atoms with van der Waals surface area (Å²) in [5, 5.41) is 4.78. The minimum absolute atomic E-state index is 0.168. The topological polar surface area (TPSA) is 127 Å². The number of carbonyl (C=O) groups excluding carboxylic acids is 2. The molecule has 0 radical (unpaired) electrons. The number of fused-ring (bicyclic) bond motifs is 1. The molecule has 3 rings (SSSR count). The normalized spacial score (nSPS) is 10.5. The Labute approximate surface area is 132 Å². The second-order valence-corrected chi connectivity index (χ2v) is 5.31. The number of rotatable bonds is 2. The number of hydrogen-bond donors (Lipinski definition) is 3. The molecule has 0 atom stereocenters. The van der Waals surface area contributed by atoms with Crippen molar-refractivity contribution >= 4 is 39.3 Å². The van der Waals surface area contributed by atoms with Gasteiger partial charge in [0.25, 0.3) is 0 Å². The molecule has 0 saturated carbocycles. The quantitative estimate of drug-likeness (QED) is 0.210. The first-order chi connectivity index (χ1) is 11.1. The highest BCUT2D eigenvalue weighted by Crippen LogP contribution is 2.25. The summed E-state index contributed by atoms with van der Waals surface area (Å²) in [7, 11) is 0. The van der Waals surface area contributed by atoms with E-state index in [9.17, 15) is 14.4 Å². The fourth-order valence-electron chi connectivity index (χ4n) is 1.91. The third-order valence-electron chi connectivity index (χ3n) is 2.98. The van der Waals surface area contributed by atoms with Crippen LogP contribution in [0, 0.1) is 0 Å². The van der Waals surface area contributed by atoms with Gasteiger partial charge in [-0.2, -0.15) is 0 Å². The molecular weight excluding hydrogens is 320 g/mol. The van der Waals surface area contributed by atoms with Crippen LogP contribution in [0.1, 0.15) is 0 Å². The minimum Gasteiger partial charge on any atom is -0.422 e. The maximum absolute atomic E-state index is 12.0. The minimum atomic E-state index is -0.994. The van der Waals surface area contributed by atoms with E-state index in [1.54, 1.807) is 29.0 Å². The number of nitrogens with zero attached hydrogens (tertiary/aromatic N) is 1. The second-order valence-electron chi connectivity index (χ2n) is 4.45. The van der Waals surface area contributed by atoms with Gasteiger partial charge in [-0.05, 0) is 12.1 Å². The van der Waals surface area contributed by atoms with Crippen molar-refractivity contribution in [3.63, 3.8) is 0 Å². The first-order valence-corrected chi connectivity index (χ1v) is 7.27. The van der Waals surface area contributed by atoms with Gasteiger partial charge in [-0.1, -0.05) is 18.2 Å². The summed E-state index contributed by atoms with van der Waals surface area (Å²) in [5.41, 5.74) is 2.27. The fourth-order valence-corrected chi connectivity index (χ4v) is 2.62. The van der Waals surface area contributed by atoms with Gasteiger partial charge in [0.2, 0.25) is 0 Å². The molecule has 2 aromatic heterocycles. The number of hydrazine groups is 1. The third kappa shape index (κ3) is 2.96. The van der Waals surface area contributed by atoms with E-state index in [-0.39, 0.29) is 10.7 Å². The summed E-state index contributed by atoms with van der Waals surface area (Å²) in [5.74, 6) is 2.93. The smallest absolute Gasteiger partial charge is 0.345 e. The van der Waals surface area contributed by atoms with Crippen LogP contribution in [-0.2, 0) is 9.59 Å². The molecular formula is C14H10N4O4S. The van der Waals surface area contributed by atoms with Crippen molar-refractivity contribution in [3.8, 4) is 11.3 Å². The molecule has 9 heteroatoms. The number of thiazole rings is 1. The van der Waals surface area contributed by atoms with Crippen LogP contribution in [0.25, 0.3) is 22.2 Å². The van der Waals surface area contributed by atoms with Gasteiger partial charge in [-0.15, -0.1) is 11.3 Å². The predicted octanol–water partition coefficient (Wildman–Crippen LogP) is 0.845. The summed E-state index contributed by atoms with van der Waals surface area (Å²) in [4.78, 5) is 38.6. The zero-order valence-electron chi connectivity index (χ0n) is 11.5. The lowest BCUT2D eigenvalue weighted by Gasteiger charge is -2.00. The van der Waals surface area contributed by atoms with E-state index < -0.39 is 17.4 Å². The van der Waals surface area contributed by atoms with E-state index in [0.717, 1.165) is 16.7 Å². The summed E-state index contributed by atoms with van der Waals surface area (Å²) < 4.78 is 5.23. The van der Waals surface area contributed by atoms with Gasteiger partial charge in [-0.25, -0.2) is 15.6 Å². The van der Waals surface area contributed by atoms with Crippen LogP contribution >= 0.6 is 11.3 Å². The molecule has 0 saturated heterocycles. The SMILES string of the molecule is NNC(=O)C(=O)Nc1nc(-c2cc3ccccc3oc2=O)cs1. The van der Waals surface area contributed by atoms with Crippen molar-refractivity contribution in [1.82, 2.24) is 10.4 Å². The maximum Gasteiger partial charge on any atom is 0.345 e. The Bertz CT molecular complexity index is 963. The lowest BCUT2D eigenvalue weighted by atomic mass is 10.1. The Kier molecular flexibility index (Phi) is 3.87. The van der Waals surface area contributed by atoms with E-state index in [0.29, 0.717) is 11.3 Å². The molecule has 2 amide bonds. The molecule has 0 fully saturated rings. The van der Waals surface area contributed by atoms with Crippen LogP contribution in [0.5, 0.6) is 0 Å². The van der Waals surface area contributed by atoms with Crippen LogP contribution in [0.4, 0.5) is 5.13 Å². The van der Waals surface area contributed by atoms with Gasteiger partial charge >= 0.3 is 17.4 Å². The molecule has 8 nitrogen and oxygen atoms in total. The first-order valence-electron chi connectivity index (χ1n) is 6.39. The average Bonchev–Trinajstić information content (AvgIpc) is 3.01. The van der Waals surface area contributed by atoms with Crippen LogP contribution in [0.15, 0.2) is 44.9 Å². The summed E-state index contributed by atoms with van der Waals surface area (Å²) >= 11 is 1.07. The highest BCUT2D eigenvalue weighted by atomic mass is 32.1. The number of carbonyl (C=O) groups is 2. The zero-order chi connectivity index (χ0) is 16.4. The number of hydrogen-bond acceptors (Lipinski definition) is 7. The molecule has 116 valence electrons. The van der Waals surface area contributed by atoms with Gasteiger partial charge in [0, 0.05) is 10.8 Å². The summed E-state index contributed by atoms with van der Waals surface area (Å²) in [6.07, 6.45) is 0. The Balaban J connectivity index is 1.94. The number of benzene rings is 1. The summed E-state index contributed by atoms with van der Waals surface area (Å²) in [6, 6.07) is 8.75. The van der Waals surface area contributed by atoms with E-state index >= 15 is 0 Å². The molecule has 23 heavy (non-hydrogen) atoms. The van der Waals surface area contributed by atoms with Crippen molar-refractivity contribution in [2.45, 2.75) is 0 Å². The third-order valence-corrected chi connectivity index (χ3v) is 3.74. The molecule has 4 N–H and O–H groups in total. The number of nitrogens with two attached hydrogens (primary N) is 1. The molecule has 0 aliphatic rings. The second kappa shape index (κ2) is 5.99. The molecule has 0 aliphatic carbocycles. The zero-order valence-corrected chi connectivity index (χ0v) is 12.3.